The average molecular weight is 293 g/mol. The van der Waals surface area contributed by atoms with Crippen molar-refractivity contribution in [2.75, 3.05) is 6.54 Å². The lowest BCUT2D eigenvalue weighted by molar-refractivity contribution is -0.142. The van der Waals surface area contributed by atoms with Gasteiger partial charge in [-0.1, -0.05) is 6.42 Å². The molecule has 0 unspecified atom stereocenters. The summed E-state index contributed by atoms with van der Waals surface area (Å²) in [5, 5.41) is 0.853. The molecular weight excluding hydrogens is 274 g/mol. The highest BCUT2D eigenvalue weighted by molar-refractivity contribution is 7.13. The van der Waals surface area contributed by atoms with E-state index in [2.05, 4.69) is 4.98 Å². The maximum atomic E-state index is 12.5. The number of thiazole rings is 1. The lowest BCUT2D eigenvalue weighted by Gasteiger charge is -2.39. The molecule has 2 aliphatic rings. The number of rotatable bonds is 3. The van der Waals surface area contributed by atoms with Gasteiger partial charge in [0.05, 0.1) is 12.2 Å². The number of nitrogens with two attached hydrogens (primary N) is 1. The van der Waals surface area contributed by atoms with E-state index < -0.39 is 5.91 Å². The molecule has 1 aliphatic carbocycles. The van der Waals surface area contributed by atoms with Crippen molar-refractivity contribution in [1.29, 1.82) is 0 Å². The van der Waals surface area contributed by atoms with Crippen LogP contribution in [-0.4, -0.2) is 28.2 Å². The summed E-state index contributed by atoms with van der Waals surface area (Å²) in [6.07, 6.45) is 7.83. The van der Waals surface area contributed by atoms with Gasteiger partial charge in [0, 0.05) is 12.5 Å². The summed E-state index contributed by atoms with van der Waals surface area (Å²) in [4.78, 5) is 30.5. The fraction of sp³-hybridized carbons (Fsp3) is 0.643. The molecule has 1 saturated heterocycles. The third-order valence-electron chi connectivity index (χ3n) is 4.29. The second-order valence-electron chi connectivity index (χ2n) is 5.60. The van der Waals surface area contributed by atoms with Crippen LogP contribution in [0.3, 0.4) is 0 Å². The Bertz CT molecular complexity index is 524. The summed E-state index contributed by atoms with van der Waals surface area (Å²) in [5.41, 5.74) is 5.28. The minimum atomic E-state index is -0.443. The number of carbonyl (C=O) groups is 2. The molecular formula is C14H19N3O2S. The lowest BCUT2D eigenvalue weighted by atomic mass is 9.83. The molecule has 1 saturated carbocycles. The van der Waals surface area contributed by atoms with Gasteiger partial charge in [-0.25, -0.2) is 4.98 Å². The monoisotopic (exact) mass is 293 g/mol. The number of primary amides is 1. The van der Waals surface area contributed by atoms with Crippen molar-refractivity contribution in [2.24, 2.45) is 11.7 Å². The molecule has 1 aromatic heterocycles. The van der Waals surface area contributed by atoms with Crippen LogP contribution in [0.5, 0.6) is 0 Å². The number of amides is 2. The molecule has 1 aromatic rings. The smallest absolute Gasteiger partial charge is 0.260 e. The van der Waals surface area contributed by atoms with Crippen LogP contribution in [0.15, 0.2) is 6.20 Å². The largest absolute Gasteiger partial charge is 0.365 e. The fourth-order valence-corrected chi connectivity index (χ4v) is 3.82. The third kappa shape index (κ3) is 2.44. The summed E-state index contributed by atoms with van der Waals surface area (Å²) in [6.45, 7) is 0.811. The van der Waals surface area contributed by atoms with Crippen LogP contribution in [0.1, 0.15) is 59.2 Å². The number of likely N-dealkylation sites (tertiary alicyclic amines) is 1. The zero-order chi connectivity index (χ0) is 14.1. The molecule has 0 bridgehead atoms. The van der Waals surface area contributed by atoms with Crippen molar-refractivity contribution in [3.63, 3.8) is 0 Å². The maximum absolute atomic E-state index is 12.5. The molecule has 5 nitrogen and oxygen atoms in total. The Labute approximate surface area is 122 Å². The average Bonchev–Trinajstić information content (AvgIpc) is 2.86. The van der Waals surface area contributed by atoms with E-state index >= 15 is 0 Å². The van der Waals surface area contributed by atoms with E-state index in [0.717, 1.165) is 50.1 Å². The number of hydrogen-bond acceptors (Lipinski definition) is 4. The van der Waals surface area contributed by atoms with Crippen molar-refractivity contribution >= 4 is 23.2 Å². The summed E-state index contributed by atoms with van der Waals surface area (Å²) in [7, 11) is 0. The van der Waals surface area contributed by atoms with Crippen molar-refractivity contribution in [3.8, 4) is 0 Å². The van der Waals surface area contributed by atoms with Gasteiger partial charge in [-0.3, -0.25) is 9.59 Å². The predicted molar refractivity (Wildman–Crippen MR) is 76.3 cm³/mol. The molecule has 3 rings (SSSR count). The summed E-state index contributed by atoms with van der Waals surface area (Å²) >= 11 is 1.33. The van der Waals surface area contributed by atoms with E-state index in [9.17, 15) is 9.59 Å². The van der Waals surface area contributed by atoms with Crippen molar-refractivity contribution in [3.05, 3.63) is 16.1 Å². The van der Waals surface area contributed by atoms with Crippen LogP contribution in [0.4, 0.5) is 0 Å². The van der Waals surface area contributed by atoms with Crippen molar-refractivity contribution in [2.45, 2.75) is 44.6 Å². The molecule has 2 heterocycles. The Kier molecular flexibility index (Phi) is 3.74. The van der Waals surface area contributed by atoms with E-state index in [1.54, 1.807) is 0 Å². The molecule has 6 heteroatoms. The van der Waals surface area contributed by atoms with E-state index in [0.29, 0.717) is 4.88 Å². The predicted octanol–water partition coefficient (Wildman–Crippen LogP) is 2.10. The molecule has 0 aromatic carbocycles. The number of carbonyl (C=O) groups excluding carboxylic acids is 2. The second-order valence-corrected chi connectivity index (χ2v) is 6.66. The molecule has 2 N–H and O–H groups in total. The van der Waals surface area contributed by atoms with Crippen LogP contribution in [0.25, 0.3) is 0 Å². The minimum absolute atomic E-state index is 0.0370. The van der Waals surface area contributed by atoms with Crippen LogP contribution in [0, 0.1) is 5.92 Å². The Hall–Kier alpha value is -1.43. The zero-order valence-electron chi connectivity index (χ0n) is 11.4. The van der Waals surface area contributed by atoms with Crippen LogP contribution >= 0.6 is 11.3 Å². The summed E-state index contributed by atoms with van der Waals surface area (Å²) in [6, 6.07) is 0.0370. The second kappa shape index (κ2) is 5.52. The lowest BCUT2D eigenvalue weighted by Crippen LogP contribution is -2.43. The Balaban J connectivity index is 1.80. The van der Waals surface area contributed by atoms with Gasteiger partial charge in [-0.15, -0.1) is 11.3 Å². The molecule has 108 valence electrons. The van der Waals surface area contributed by atoms with Gasteiger partial charge in [0.15, 0.2) is 0 Å². The van der Waals surface area contributed by atoms with Crippen LogP contribution < -0.4 is 5.73 Å². The van der Waals surface area contributed by atoms with E-state index in [-0.39, 0.29) is 17.9 Å². The highest BCUT2D eigenvalue weighted by atomic mass is 32.1. The maximum Gasteiger partial charge on any atom is 0.260 e. The van der Waals surface area contributed by atoms with Gasteiger partial charge < -0.3 is 10.6 Å². The molecule has 2 amide bonds. The molecule has 1 aliphatic heterocycles. The van der Waals surface area contributed by atoms with Gasteiger partial charge in [0.25, 0.3) is 5.91 Å². The quantitative estimate of drug-likeness (QED) is 0.927. The topological polar surface area (TPSA) is 76.3 Å². The molecule has 0 radical (unpaired) electrons. The highest BCUT2D eigenvalue weighted by Crippen LogP contribution is 2.37. The van der Waals surface area contributed by atoms with Crippen molar-refractivity contribution in [1.82, 2.24) is 9.88 Å². The molecule has 1 atom stereocenters. The Morgan fingerprint density at radius 3 is 2.65 bits per heavy atom. The minimum Gasteiger partial charge on any atom is -0.365 e. The Morgan fingerprint density at radius 2 is 2.05 bits per heavy atom. The van der Waals surface area contributed by atoms with Gasteiger partial charge >= 0.3 is 0 Å². The number of hydrogen-bond donors (Lipinski definition) is 1. The molecule has 0 spiro atoms. The van der Waals surface area contributed by atoms with Gasteiger partial charge in [0.1, 0.15) is 9.88 Å². The highest BCUT2D eigenvalue weighted by Gasteiger charge is 2.36. The first-order valence-electron chi connectivity index (χ1n) is 7.23. The number of aromatic nitrogens is 1. The SMILES string of the molecule is NC(=O)c1cnc([C@@H]2CCCCN2C(=O)C2CCC2)s1. The van der Waals surface area contributed by atoms with Crippen LogP contribution in [-0.2, 0) is 4.79 Å². The van der Waals surface area contributed by atoms with E-state index in [4.69, 9.17) is 5.73 Å². The third-order valence-corrected chi connectivity index (χ3v) is 5.40. The van der Waals surface area contributed by atoms with Gasteiger partial charge in [-0.05, 0) is 32.1 Å². The number of nitrogens with zero attached hydrogens (tertiary/aromatic N) is 2. The zero-order valence-corrected chi connectivity index (χ0v) is 12.2. The summed E-state index contributed by atoms with van der Waals surface area (Å²) in [5.74, 6) is 0.0457. The first-order valence-corrected chi connectivity index (χ1v) is 8.04. The fourth-order valence-electron chi connectivity index (χ4n) is 2.90. The van der Waals surface area contributed by atoms with E-state index in [1.165, 1.54) is 17.5 Å². The van der Waals surface area contributed by atoms with Gasteiger partial charge in [-0.2, -0.15) is 0 Å². The summed E-state index contributed by atoms with van der Waals surface area (Å²) < 4.78 is 0. The van der Waals surface area contributed by atoms with E-state index in [1.807, 2.05) is 4.90 Å². The normalized spacial score (nSPS) is 23.4. The van der Waals surface area contributed by atoms with Gasteiger partial charge in [0.2, 0.25) is 5.91 Å². The molecule has 2 fully saturated rings. The standard InChI is InChI=1S/C14H19N3O2S/c15-12(18)11-8-16-13(20-11)10-6-1-2-7-17(10)14(19)9-4-3-5-9/h8-10H,1-7H2,(H2,15,18)/t10-/m0/s1. The van der Waals surface area contributed by atoms with Crippen molar-refractivity contribution < 1.29 is 9.59 Å². The molecule has 20 heavy (non-hydrogen) atoms. The first-order chi connectivity index (χ1) is 9.66. The van der Waals surface area contributed by atoms with Crippen LogP contribution in [0.2, 0.25) is 0 Å². The first kappa shape index (κ1) is 13.5. The number of piperidine rings is 1. The Morgan fingerprint density at radius 1 is 1.25 bits per heavy atom.